The minimum atomic E-state index is 0.0646. The van der Waals surface area contributed by atoms with Gasteiger partial charge in [0.2, 0.25) is 0 Å². The molecule has 2 aromatic heterocycles. The van der Waals surface area contributed by atoms with Crippen LogP contribution in [-0.4, -0.2) is 25.2 Å². The number of ketones is 1. The van der Waals surface area contributed by atoms with E-state index in [-0.39, 0.29) is 5.78 Å². The first-order valence-electron chi connectivity index (χ1n) is 6.70. The van der Waals surface area contributed by atoms with Crippen molar-refractivity contribution in [3.05, 3.63) is 26.4 Å². The normalized spacial score (nSPS) is 11.0. The quantitative estimate of drug-likeness (QED) is 0.746. The lowest BCUT2D eigenvalue weighted by Crippen LogP contribution is -2.10. The lowest BCUT2D eigenvalue weighted by atomic mass is 10.1. The molecule has 2 aromatic rings. The molecule has 0 atom stereocenters. The number of rotatable bonds is 6. The first kappa shape index (κ1) is 15.3. The molecule has 0 fully saturated rings. The molecule has 108 valence electrons. The first-order valence-corrected chi connectivity index (χ1v) is 8.27. The van der Waals surface area contributed by atoms with Gasteiger partial charge in [-0.05, 0) is 47.2 Å². The minimum Gasteiger partial charge on any atom is -0.293 e. The van der Waals surface area contributed by atoms with E-state index < -0.39 is 0 Å². The molecule has 0 spiro atoms. The van der Waals surface area contributed by atoms with E-state index in [0.717, 1.165) is 40.9 Å². The van der Waals surface area contributed by atoms with Crippen molar-refractivity contribution in [2.45, 2.75) is 46.6 Å². The SMILES string of the molecule is CCc1nnsc1C(=O)Cc1c(Br)c(CC)nn1CC. The number of aromatic nitrogens is 4. The Hall–Kier alpha value is -1.08. The largest absolute Gasteiger partial charge is 0.293 e. The van der Waals surface area contributed by atoms with Gasteiger partial charge in [-0.2, -0.15) is 5.10 Å². The van der Waals surface area contributed by atoms with E-state index in [2.05, 4.69) is 37.5 Å². The predicted octanol–water partition coefficient (Wildman–Crippen LogP) is 3.07. The number of halogens is 1. The van der Waals surface area contributed by atoms with Crippen LogP contribution in [0, 0.1) is 0 Å². The summed E-state index contributed by atoms with van der Waals surface area (Å²) < 4.78 is 6.72. The number of hydrogen-bond donors (Lipinski definition) is 0. The summed E-state index contributed by atoms with van der Waals surface area (Å²) in [5, 5.41) is 8.51. The van der Waals surface area contributed by atoms with Crippen LogP contribution >= 0.6 is 27.5 Å². The molecule has 0 bridgehead atoms. The van der Waals surface area contributed by atoms with Crippen LogP contribution in [0.1, 0.15) is 47.5 Å². The van der Waals surface area contributed by atoms with Crippen molar-refractivity contribution in [1.29, 1.82) is 0 Å². The summed E-state index contributed by atoms with van der Waals surface area (Å²) in [6.07, 6.45) is 1.90. The highest BCUT2D eigenvalue weighted by Crippen LogP contribution is 2.24. The molecule has 0 radical (unpaired) electrons. The third-order valence-corrected chi connectivity index (χ3v) is 4.89. The van der Waals surface area contributed by atoms with Crippen molar-refractivity contribution in [2.75, 3.05) is 0 Å². The molecule has 7 heteroatoms. The third-order valence-electron chi connectivity index (χ3n) is 3.17. The molecule has 0 N–H and O–H groups in total. The number of aryl methyl sites for hydroxylation is 3. The Kier molecular flexibility index (Phi) is 5.04. The Bertz CT molecular complexity index is 620. The van der Waals surface area contributed by atoms with E-state index in [4.69, 9.17) is 0 Å². The predicted molar refractivity (Wildman–Crippen MR) is 82.3 cm³/mol. The Morgan fingerprint density at radius 3 is 2.55 bits per heavy atom. The molecule has 20 heavy (non-hydrogen) atoms. The maximum atomic E-state index is 12.4. The molecule has 0 saturated heterocycles. The van der Waals surface area contributed by atoms with Gasteiger partial charge >= 0.3 is 0 Å². The average Bonchev–Trinajstić information content (AvgIpc) is 3.04. The second-order valence-corrected chi connectivity index (χ2v) is 5.93. The Morgan fingerprint density at radius 2 is 1.95 bits per heavy atom. The highest BCUT2D eigenvalue weighted by atomic mass is 79.9. The fraction of sp³-hybridized carbons (Fsp3) is 0.538. The third kappa shape index (κ3) is 2.83. The van der Waals surface area contributed by atoms with E-state index in [0.29, 0.717) is 11.3 Å². The van der Waals surface area contributed by atoms with Gasteiger partial charge in [0.1, 0.15) is 4.88 Å². The van der Waals surface area contributed by atoms with Gasteiger partial charge in [-0.25, -0.2) is 0 Å². The zero-order valence-electron chi connectivity index (χ0n) is 11.8. The van der Waals surface area contributed by atoms with E-state index in [1.165, 1.54) is 11.5 Å². The van der Waals surface area contributed by atoms with Gasteiger partial charge < -0.3 is 0 Å². The highest BCUT2D eigenvalue weighted by molar-refractivity contribution is 9.10. The van der Waals surface area contributed by atoms with Crippen molar-refractivity contribution < 1.29 is 4.79 Å². The van der Waals surface area contributed by atoms with Crippen molar-refractivity contribution in [3.63, 3.8) is 0 Å². The van der Waals surface area contributed by atoms with Gasteiger partial charge in [0.25, 0.3) is 0 Å². The van der Waals surface area contributed by atoms with Crippen molar-refractivity contribution in [1.82, 2.24) is 19.4 Å². The molecule has 0 aliphatic carbocycles. The zero-order chi connectivity index (χ0) is 14.7. The molecule has 0 aliphatic rings. The van der Waals surface area contributed by atoms with Crippen LogP contribution in [0.3, 0.4) is 0 Å². The van der Waals surface area contributed by atoms with Gasteiger partial charge in [0, 0.05) is 6.54 Å². The number of nitrogens with zero attached hydrogens (tertiary/aromatic N) is 4. The number of carbonyl (C=O) groups is 1. The lowest BCUT2D eigenvalue weighted by molar-refractivity contribution is 0.0993. The van der Waals surface area contributed by atoms with Gasteiger partial charge in [-0.3, -0.25) is 9.48 Å². The lowest BCUT2D eigenvalue weighted by Gasteiger charge is -2.04. The number of hydrogen-bond acceptors (Lipinski definition) is 5. The molecule has 0 saturated carbocycles. The zero-order valence-corrected chi connectivity index (χ0v) is 14.2. The maximum absolute atomic E-state index is 12.4. The summed E-state index contributed by atoms with van der Waals surface area (Å²) >= 11 is 4.74. The topological polar surface area (TPSA) is 60.7 Å². The Balaban J connectivity index is 2.30. The van der Waals surface area contributed by atoms with E-state index in [1.54, 1.807) is 0 Å². The second-order valence-electron chi connectivity index (χ2n) is 4.38. The molecular weight excluding hydrogens is 340 g/mol. The van der Waals surface area contributed by atoms with Crippen LogP contribution in [-0.2, 0) is 25.8 Å². The molecular formula is C13H17BrN4OS. The van der Waals surface area contributed by atoms with Crippen molar-refractivity contribution in [3.8, 4) is 0 Å². The second kappa shape index (κ2) is 6.58. The Morgan fingerprint density at radius 1 is 1.25 bits per heavy atom. The van der Waals surface area contributed by atoms with Gasteiger partial charge in [-0.1, -0.05) is 18.3 Å². The average molecular weight is 357 g/mol. The van der Waals surface area contributed by atoms with Gasteiger partial charge in [0.05, 0.1) is 28.0 Å². The number of Topliss-reactive ketones (excluding diaryl/α,β-unsaturated/α-hetero) is 1. The van der Waals surface area contributed by atoms with Crippen molar-refractivity contribution >= 4 is 33.2 Å². The summed E-state index contributed by atoms with van der Waals surface area (Å²) in [5.41, 5.74) is 2.71. The van der Waals surface area contributed by atoms with Crippen LogP contribution in [0.4, 0.5) is 0 Å². The molecule has 0 aliphatic heterocycles. The van der Waals surface area contributed by atoms with E-state index >= 15 is 0 Å². The smallest absolute Gasteiger partial charge is 0.182 e. The molecule has 0 aromatic carbocycles. The monoisotopic (exact) mass is 356 g/mol. The van der Waals surface area contributed by atoms with Crippen LogP contribution in [0.15, 0.2) is 4.47 Å². The minimum absolute atomic E-state index is 0.0646. The van der Waals surface area contributed by atoms with E-state index in [9.17, 15) is 4.79 Å². The molecule has 0 amide bonds. The summed E-state index contributed by atoms with van der Waals surface area (Å²) in [6.45, 7) is 6.82. The summed E-state index contributed by atoms with van der Waals surface area (Å²) in [7, 11) is 0. The van der Waals surface area contributed by atoms with Crippen LogP contribution in [0.5, 0.6) is 0 Å². The summed E-state index contributed by atoms with van der Waals surface area (Å²) in [6, 6.07) is 0. The Labute approximate surface area is 130 Å². The van der Waals surface area contributed by atoms with Gasteiger partial charge in [0.15, 0.2) is 5.78 Å². The molecule has 2 heterocycles. The van der Waals surface area contributed by atoms with Gasteiger partial charge in [-0.15, -0.1) is 5.10 Å². The molecule has 0 unspecified atom stereocenters. The molecule has 5 nitrogen and oxygen atoms in total. The van der Waals surface area contributed by atoms with Crippen LogP contribution in [0.2, 0.25) is 0 Å². The number of carbonyl (C=O) groups excluding carboxylic acids is 1. The fourth-order valence-electron chi connectivity index (χ4n) is 2.07. The molecule has 2 rings (SSSR count). The van der Waals surface area contributed by atoms with Crippen LogP contribution in [0.25, 0.3) is 0 Å². The maximum Gasteiger partial charge on any atom is 0.182 e. The highest BCUT2D eigenvalue weighted by Gasteiger charge is 2.21. The van der Waals surface area contributed by atoms with Crippen LogP contribution < -0.4 is 0 Å². The standard InChI is InChI=1S/C13H17BrN4OS/c1-4-8-12(14)10(18(6-3)16-8)7-11(19)13-9(5-2)15-17-20-13/h4-7H2,1-3H3. The summed E-state index contributed by atoms with van der Waals surface area (Å²) in [4.78, 5) is 13.1. The van der Waals surface area contributed by atoms with Crippen molar-refractivity contribution in [2.24, 2.45) is 0 Å². The van der Waals surface area contributed by atoms with E-state index in [1.807, 2.05) is 18.5 Å². The fourth-order valence-corrected chi connectivity index (χ4v) is 3.46. The first-order chi connectivity index (χ1) is 9.62. The summed E-state index contributed by atoms with van der Waals surface area (Å²) in [5.74, 6) is 0.0646.